The van der Waals surface area contributed by atoms with Gasteiger partial charge in [0.25, 0.3) is 0 Å². The number of halogens is 1. The van der Waals surface area contributed by atoms with E-state index in [2.05, 4.69) is 57.2 Å². The Balaban J connectivity index is 1.54. The van der Waals surface area contributed by atoms with Gasteiger partial charge >= 0.3 is 0 Å². The first-order valence-corrected chi connectivity index (χ1v) is 8.27. The topological polar surface area (TPSA) is 12.5 Å². The molecule has 0 unspecified atom stereocenters. The number of likely N-dealkylation sites (tertiary alicyclic amines) is 1. The summed E-state index contributed by atoms with van der Waals surface area (Å²) in [4.78, 5) is 2.51. The van der Waals surface area contributed by atoms with Gasteiger partial charge in [0, 0.05) is 11.0 Å². The zero-order valence-corrected chi connectivity index (χ0v) is 13.7. The van der Waals surface area contributed by atoms with Crippen LogP contribution in [0.3, 0.4) is 0 Å². The lowest BCUT2D eigenvalue weighted by Crippen LogP contribution is -2.18. The predicted octanol–water partition coefficient (Wildman–Crippen LogP) is 4.62. The monoisotopic (exact) mass is 345 g/mol. The van der Waals surface area contributed by atoms with Crippen molar-refractivity contribution in [3.8, 4) is 5.75 Å². The van der Waals surface area contributed by atoms with E-state index >= 15 is 0 Å². The van der Waals surface area contributed by atoms with Crippen LogP contribution in [0, 0.1) is 0 Å². The minimum atomic E-state index is 0.602. The van der Waals surface area contributed by atoms with Crippen LogP contribution in [0.25, 0.3) is 0 Å². The van der Waals surface area contributed by atoms with Crippen LogP contribution < -0.4 is 4.74 Å². The van der Waals surface area contributed by atoms with E-state index < -0.39 is 0 Å². The van der Waals surface area contributed by atoms with Gasteiger partial charge in [0.1, 0.15) is 12.4 Å². The first kappa shape index (κ1) is 14.6. The average Bonchev–Trinajstić information content (AvgIpc) is 3.00. The van der Waals surface area contributed by atoms with E-state index in [1.807, 2.05) is 12.1 Å². The number of ether oxygens (including phenoxy) is 1. The fourth-order valence-electron chi connectivity index (χ4n) is 2.68. The van der Waals surface area contributed by atoms with Crippen molar-refractivity contribution in [1.82, 2.24) is 4.90 Å². The molecule has 0 spiro atoms. The summed E-state index contributed by atoms with van der Waals surface area (Å²) in [5.41, 5.74) is 2.54. The molecule has 2 aromatic rings. The van der Waals surface area contributed by atoms with Gasteiger partial charge < -0.3 is 4.74 Å². The second kappa shape index (κ2) is 7.10. The summed E-state index contributed by atoms with van der Waals surface area (Å²) in [6.45, 7) is 4.14. The zero-order valence-electron chi connectivity index (χ0n) is 12.1. The van der Waals surface area contributed by atoms with Crippen molar-refractivity contribution in [2.45, 2.75) is 26.0 Å². The maximum absolute atomic E-state index is 5.84. The molecule has 21 heavy (non-hydrogen) atoms. The van der Waals surface area contributed by atoms with Gasteiger partial charge in [0.2, 0.25) is 0 Å². The van der Waals surface area contributed by atoms with E-state index in [0.29, 0.717) is 6.61 Å². The summed E-state index contributed by atoms with van der Waals surface area (Å²) < 4.78 is 6.93. The Labute approximate surface area is 134 Å². The molecule has 0 radical (unpaired) electrons. The highest BCUT2D eigenvalue weighted by Crippen LogP contribution is 2.18. The molecule has 0 aromatic heterocycles. The quantitative estimate of drug-likeness (QED) is 0.783. The molecule has 1 aliphatic rings. The summed E-state index contributed by atoms with van der Waals surface area (Å²) in [6.07, 6.45) is 2.68. The van der Waals surface area contributed by atoms with Crippen LogP contribution in [0.5, 0.6) is 5.75 Å². The largest absolute Gasteiger partial charge is 0.489 e. The van der Waals surface area contributed by atoms with Crippen LogP contribution in [0.2, 0.25) is 0 Å². The van der Waals surface area contributed by atoms with Gasteiger partial charge in [0.15, 0.2) is 0 Å². The first-order chi connectivity index (χ1) is 10.3. The predicted molar refractivity (Wildman–Crippen MR) is 89.4 cm³/mol. The minimum absolute atomic E-state index is 0.602. The Morgan fingerprint density at radius 1 is 0.952 bits per heavy atom. The summed E-state index contributed by atoms with van der Waals surface area (Å²) in [5.74, 6) is 0.931. The van der Waals surface area contributed by atoms with Crippen LogP contribution in [-0.4, -0.2) is 18.0 Å². The van der Waals surface area contributed by atoms with Gasteiger partial charge in [-0.1, -0.05) is 40.2 Å². The van der Waals surface area contributed by atoms with Crippen molar-refractivity contribution in [2.75, 3.05) is 13.1 Å². The standard InChI is InChI=1S/C18H20BrNO/c19-17-5-3-4-16(12-17)14-21-18-8-6-15(7-9-18)13-20-10-1-2-11-20/h3-9,12H,1-2,10-11,13-14H2. The SMILES string of the molecule is Brc1cccc(COc2ccc(CN3CCCC3)cc2)c1. The molecule has 0 amide bonds. The van der Waals surface area contributed by atoms with Crippen molar-refractivity contribution in [3.05, 3.63) is 64.1 Å². The minimum Gasteiger partial charge on any atom is -0.489 e. The summed E-state index contributed by atoms with van der Waals surface area (Å²) in [5, 5.41) is 0. The van der Waals surface area contributed by atoms with Crippen LogP contribution in [0.1, 0.15) is 24.0 Å². The summed E-state index contributed by atoms with van der Waals surface area (Å²) in [6, 6.07) is 16.7. The van der Waals surface area contributed by atoms with E-state index in [-0.39, 0.29) is 0 Å². The molecule has 0 saturated carbocycles. The summed E-state index contributed by atoms with van der Waals surface area (Å²) in [7, 11) is 0. The van der Waals surface area contributed by atoms with E-state index in [1.54, 1.807) is 0 Å². The van der Waals surface area contributed by atoms with Gasteiger partial charge in [-0.2, -0.15) is 0 Å². The van der Waals surface area contributed by atoms with Gasteiger partial charge in [-0.3, -0.25) is 4.90 Å². The van der Waals surface area contributed by atoms with Crippen LogP contribution in [-0.2, 0) is 13.2 Å². The summed E-state index contributed by atoms with van der Waals surface area (Å²) >= 11 is 3.48. The molecule has 1 aliphatic heterocycles. The highest BCUT2D eigenvalue weighted by atomic mass is 79.9. The molecular formula is C18H20BrNO. The molecule has 0 bridgehead atoms. The molecule has 1 heterocycles. The fourth-order valence-corrected chi connectivity index (χ4v) is 3.13. The lowest BCUT2D eigenvalue weighted by Gasteiger charge is -2.14. The van der Waals surface area contributed by atoms with E-state index in [1.165, 1.54) is 37.1 Å². The molecule has 2 nitrogen and oxygen atoms in total. The fraction of sp³-hybridized carbons (Fsp3) is 0.333. The Hall–Kier alpha value is -1.32. The molecule has 1 saturated heterocycles. The highest BCUT2D eigenvalue weighted by Gasteiger charge is 2.11. The normalized spacial score (nSPS) is 15.3. The molecule has 2 aromatic carbocycles. The lowest BCUT2D eigenvalue weighted by atomic mass is 10.2. The van der Waals surface area contributed by atoms with E-state index in [4.69, 9.17) is 4.74 Å². The second-order valence-electron chi connectivity index (χ2n) is 5.55. The lowest BCUT2D eigenvalue weighted by molar-refractivity contribution is 0.305. The van der Waals surface area contributed by atoms with Crippen molar-refractivity contribution < 1.29 is 4.74 Å². The third kappa shape index (κ3) is 4.32. The third-order valence-corrected chi connectivity index (χ3v) is 4.32. The Kier molecular flexibility index (Phi) is 4.94. The van der Waals surface area contributed by atoms with Crippen molar-refractivity contribution in [2.24, 2.45) is 0 Å². The van der Waals surface area contributed by atoms with Gasteiger partial charge in [-0.25, -0.2) is 0 Å². The zero-order chi connectivity index (χ0) is 14.5. The van der Waals surface area contributed by atoms with Crippen LogP contribution in [0.15, 0.2) is 53.0 Å². The number of hydrogen-bond acceptors (Lipinski definition) is 2. The second-order valence-corrected chi connectivity index (χ2v) is 6.46. The molecular weight excluding hydrogens is 326 g/mol. The third-order valence-electron chi connectivity index (χ3n) is 3.82. The molecule has 1 fully saturated rings. The molecule has 0 atom stereocenters. The molecule has 3 rings (SSSR count). The van der Waals surface area contributed by atoms with E-state index in [9.17, 15) is 0 Å². The Bertz CT molecular complexity index is 576. The number of nitrogens with zero attached hydrogens (tertiary/aromatic N) is 1. The maximum Gasteiger partial charge on any atom is 0.119 e. The first-order valence-electron chi connectivity index (χ1n) is 7.48. The molecule has 0 N–H and O–H groups in total. The van der Waals surface area contributed by atoms with Gasteiger partial charge in [-0.15, -0.1) is 0 Å². The Morgan fingerprint density at radius 3 is 2.43 bits per heavy atom. The van der Waals surface area contributed by atoms with Crippen molar-refractivity contribution >= 4 is 15.9 Å². The smallest absolute Gasteiger partial charge is 0.119 e. The van der Waals surface area contributed by atoms with E-state index in [0.717, 1.165) is 16.8 Å². The van der Waals surface area contributed by atoms with Crippen molar-refractivity contribution in [1.29, 1.82) is 0 Å². The molecule has 0 aliphatic carbocycles. The number of benzene rings is 2. The van der Waals surface area contributed by atoms with Crippen LogP contribution in [0.4, 0.5) is 0 Å². The van der Waals surface area contributed by atoms with Crippen LogP contribution >= 0.6 is 15.9 Å². The van der Waals surface area contributed by atoms with Gasteiger partial charge in [0.05, 0.1) is 0 Å². The number of hydrogen-bond donors (Lipinski definition) is 0. The van der Waals surface area contributed by atoms with Crippen molar-refractivity contribution in [3.63, 3.8) is 0 Å². The highest BCUT2D eigenvalue weighted by molar-refractivity contribution is 9.10. The maximum atomic E-state index is 5.84. The molecule has 110 valence electrons. The number of rotatable bonds is 5. The average molecular weight is 346 g/mol. The molecule has 3 heteroatoms. The van der Waals surface area contributed by atoms with Gasteiger partial charge in [-0.05, 0) is 61.3 Å². The Morgan fingerprint density at radius 2 is 1.71 bits per heavy atom.